The Morgan fingerprint density at radius 2 is 1.92 bits per heavy atom. The van der Waals surface area contributed by atoms with Crippen LogP contribution in [0.15, 0.2) is 35.9 Å². The summed E-state index contributed by atoms with van der Waals surface area (Å²) in [6.45, 7) is 4.09. The minimum atomic E-state index is -0.496. The molecule has 0 unspecified atom stereocenters. The molecule has 1 heterocycles. The topological polar surface area (TPSA) is 57.8 Å². The molecule has 1 saturated carbocycles. The van der Waals surface area contributed by atoms with E-state index in [0.29, 0.717) is 11.7 Å². The highest BCUT2D eigenvalue weighted by Gasteiger charge is 2.21. The molecule has 5 heteroatoms. The van der Waals surface area contributed by atoms with Crippen LogP contribution in [-0.2, 0) is 4.79 Å². The Kier molecular flexibility index (Phi) is 5.22. The number of benzene rings is 1. The van der Waals surface area contributed by atoms with Gasteiger partial charge in [0.1, 0.15) is 17.5 Å². The van der Waals surface area contributed by atoms with Gasteiger partial charge in [-0.2, -0.15) is 5.26 Å². The van der Waals surface area contributed by atoms with E-state index in [4.69, 9.17) is 0 Å². The van der Waals surface area contributed by atoms with Crippen LogP contribution in [0.3, 0.4) is 0 Å². The Bertz CT molecular complexity index is 881. The molecule has 0 saturated heterocycles. The van der Waals surface area contributed by atoms with Crippen molar-refractivity contribution < 1.29 is 9.18 Å². The molecule has 0 bridgehead atoms. The van der Waals surface area contributed by atoms with Gasteiger partial charge in [-0.05, 0) is 68.7 Å². The summed E-state index contributed by atoms with van der Waals surface area (Å²) in [7, 11) is 0. The summed E-state index contributed by atoms with van der Waals surface area (Å²) in [6.07, 6.45) is 6.48. The first-order valence-corrected chi connectivity index (χ1v) is 8.86. The van der Waals surface area contributed by atoms with Crippen LogP contribution in [0.1, 0.15) is 48.7 Å². The Hall–Kier alpha value is -2.87. The zero-order valence-electron chi connectivity index (χ0n) is 15.1. The van der Waals surface area contributed by atoms with Crippen molar-refractivity contribution in [3.8, 4) is 6.07 Å². The summed E-state index contributed by atoms with van der Waals surface area (Å²) in [5.41, 5.74) is 3.60. The number of carbonyl (C=O) groups is 1. The molecule has 1 amide bonds. The molecule has 0 atom stereocenters. The molecule has 1 aromatic heterocycles. The van der Waals surface area contributed by atoms with Gasteiger partial charge in [-0.1, -0.05) is 12.8 Å². The second kappa shape index (κ2) is 7.57. The number of anilines is 1. The van der Waals surface area contributed by atoms with E-state index >= 15 is 0 Å². The lowest BCUT2D eigenvalue weighted by molar-refractivity contribution is -0.112. The summed E-state index contributed by atoms with van der Waals surface area (Å²) in [5, 5.41) is 12.0. The molecule has 1 N–H and O–H groups in total. The molecular weight excluding hydrogens is 329 g/mol. The number of rotatable bonds is 4. The number of hydrogen-bond donors (Lipinski definition) is 1. The molecule has 1 aliphatic rings. The molecule has 4 nitrogen and oxygen atoms in total. The van der Waals surface area contributed by atoms with Crippen LogP contribution in [0, 0.1) is 31.0 Å². The molecule has 0 spiro atoms. The normalized spacial score (nSPS) is 15.1. The van der Waals surface area contributed by atoms with Crippen molar-refractivity contribution in [1.29, 1.82) is 5.26 Å². The van der Waals surface area contributed by atoms with Crippen LogP contribution in [-0.4, -0.2) is 10.5 Å². The van der Waals surface area contributed by atoms with Gasteiger partial charge in [0, 0.05) is 23.1 Å². The first kappa shape index (κ1) is 17.9. The number of nitrogens with one attached hydrogen (secondary N) is 1. The van der Waals surface area contributed by atoms with Gasteiger partial charge >= 0.3 is 0 Å². The van der Waals surface area contributed by atoms with Gasteiger partial charge in [0.2, 0.25) is 0 Å². The zero-order chi connectivity index (χ0) is 18.7. The molecule has 2 aromatic rings. The van der Waals surface area contributed by atoms with Crippen molar-refractivity contribution in [3.63, 3.8) is 0 Å². The lowest BCUT2D eigenvalue weighted by Gasteiger charge is -2.17. The van der Waals surface area contributed by atoms with Gasteiger partial charge in [-0.3, -0.25) is 4.79 Å². The SMILES string of the molecule is Cc1cc(/C=C(/C#N)C(=O)Nc2ccc(F)cc2)c(C)n1C1CCCC1. The van der Waals surface area contributed by atoms with Crippen LogP contribution in [0.25, 0.3) is 6.08 Å². The molecule has 134 valence electrons. The van der Waals surface area contributed by atoms with Crippen LogP contribution in [0.2, 0.25) is 0 Å². The third-order valence-electron chi connectivity index (χ3n) is 4.98. The highest BCUT2D eigenvalue weighted by Crippen LogP contribution is 2.33. The number of nitriles is 1. The quantitative estimate of drug-likeness (QED) is 0.629. The van der Waals surface area contributed by atoms with Gasteiger partial charge in [0.25, 0.3) is 5.91 Å². The smallest absolute Gasteiger partial charge is 0.266 e. The van der Waals surface area contributed by atoms with Crippen molar-refractivity contribution in [1.82, 2.24) is 4.57 Å². The van der Waals surface area contributed by atoms with E-state index in [2.05, 4.69) is 16.8 Å². The van der Waals surface area contributed by atoms with Crippen molar-refractivity contribution in [2.24, 2.45) is 0 Å². The average molecular weight is 351 g/mol. The monoisotopic (exact) mass is 351 g/mol. The summed E-state index contributed by atoms with van der Waals surface area (Å²) < 4.78 is 15.3. The van der Waals surface area contributed by atoms with Crippen molar-refractivity contribution in [2.75, 3.05) is 5.32 Å². The van der Waals surface area contributed by atoms with E-state index in [-0.39, 0.29) is 11.4 Å². The minimum absolute atomic E-state index is 0.0287. The molecule has 1 fully saturated rings. The summed E-state index contributed by atoms with van der Waals surface area (Å²) in [4.78, 5) is 12.4. The number of aryl methyl sites for hydroxylation is 1. The van der Waals surface area contributed by atoms with Crippen molar-refractivity contribution in [3.05, 3.63) is 58.7 Å². The largest absolute Gasteiger partial charge is 0.346 e. The number of carbonyl (C=O) groups excluding carboxylic acids is 1. The van der Waals surface area contributed by atoms with Crippen molar-refractivity contribution >= 4 is 17.7 Å². The second-order valence-electron chi connectivity index (χ2n) is 6.77. The maximum absolute atomic E-state index is 13.0. The molecule has 3 rings (SSSR count). The van der Waals surface area contributed by atoms with Crippen LogP contribution >= 0.6 is 0 Å². The maximum atomic E-state index is 13.0. The van der Waals surface area contributed by atoms with E-state index in [1.165, 1.54) is 49.9 Å². The highest BCUT2D eigenvalue weighted by atomic mass is 19.1. The van der Waals surface area contributed by atoms with Gasteiger partial charge in [-0.25, -0.2) is 4.39 Å². The summed E-state index contributed by atoms with van der Waals surface area (Å²) >= 11 is 0. The third-order valence-corrected chi connectivity index (χ3v) is 4.98. The number of hydrogen-bond acceptors (Lipinski definition) is 2. The highest BCUT2D eigenvalue weighted by molar-refractivity contribution is 6.09. The van der Waals surface area contributed by atoms with E-state index in [1.807, 2.05) is 19.1 Å². The summed E-state index contributed by atoms with van der Waals surface area (Å²) in [6, 6.07) is 9.97. The fraction of sp³-hybridized carbons (Fsp3) is 0.333. The van der Waals surface area contributed by atoms with E-state index < -0.39 is 5.91 Å². The lowest BCUT2D eigenvalue weighted by Crippen LogP contribution is -2.13. The van der Waals surface area contributed by atoms with Crippen LogP contribution < -0.4 is 5.32 Å². The fourth-order valence-electron chi connectivity index (χ4n) is 3.71. The zero-order valence-corrected chi connectivity index (χ0v) is 15.1. The van der Waals surface area contributed by atoms with E-state index in [9.17, 15) is 14.4 Å². The summed E-state index contributed by atoms with van der Waals surface area (Å²) in [5.74, 6) is -0.872. The first-order chi connectivity index (χ1) is 12.5. The number of aromatic nitrogens is 1. The number of halogens is 1. The Morgan fingerprint density at radius 3 is 2.54 bits per heavy atom. The Labute approximate surface area is 152 Å². The lowest BCUT2D eigenvalue weighted by atomic mass is 10.1. The predicted octanol–water partition coefficient (Wildman–Crippen LogP) is 4.90. The van der Waals surface area contributed by atoms with Gasteiger partial charge in [0.05, 0.1) is 0 Å². The third kappa shape index (κ3) is 3.70. The Balaban J connectivity index is 1.84. The minimum Gasteiger partial charge on any atom is -0.346 e. The van der Waals surface area contributed by atoms with Gasteiger partial charge in [0.15, 0.2) is 0 Å². The standard InChI is InChI=1S/C21H22FN3O/c1-14-11-16(15(2)25(14)20-5-3-4-6-20)12-17(13-23)21(26)24-19-9-7-18(22)8-10-19/h7-12,20H,3-6H2,1-2H3,(H,24,26)/b17-12-. The van der Waals surface area contributed by atoms with Gasteiger partial charge < -0.3 is 9.88 Å². The Morgan fingerprint density at radius 1 is 1.27 bits per heavy atom. The average Bonchev–Trinajstić information content (AvgIpc) is 3.22. The van der Waals surface area contributed by atoms with Crippen LogP contribution in [0.4, 0.5) is 10.1 Å². The second-order valence-corrected chi connectivity index (χ2v) is 6.77. The van der Waals surface area contributed by atoms with E-state index in [1.54, 1.807) is 6.08 Å². The van der Waals surface area contributed by atoms with Crippen LogP contribution in [0.5, 0.6) is 0 Å². The molecule has 26 heavy (non-hydrogen) atoms. The molecular formula is C21H22FN3O. The first-order valence-electron chi connectivity index (χ1n) is 8.86. The number of amides is 1. The molecule has 1 aromatic carbocycles. The van der Waals surface area contributed by atoms with Gasteiger partial charge in [-0.15, -0.1) is 0 Å². The number of nitrogens with zero attached hydrogens (tertiary/aromatic N) is 2. The molecule has 1 aliphatic carbocycles. The van der Waals surface area contributed by atoms with E-state index in [0.717, 1.165) is 17.0 Å². The van der Waals surface area contributed by atoms with Crippen molar-refractivity contribution in [2.45, 2.75) is 45.6 Å². The molecule has 0 radical (unpaired) electrons. The maximum Gasteiger partial charge on any atom is 0.266 e. The predicted molar refractivity (Wildman–Crippen MR) is 100 cm³/mol. The fourth-order valence-corrected chi connectivity index (χ4v) is 3.71. The molecule has 0 aliphatic heterocycles.